The summed E-state index contributed by atoms with van der Waals surface area (Å²) in [6, 6.07) is 20.4. The first-order valence-corrected chi connectivity index (χ1v) is 12.1. The summed E-state index contributed by atoms with van der Waals surface area (Å²) in [6.07, 6.45) is 0. The van der Waals surface area contributed by atoms with Crippen LogP contribution < -0.4 is 20.1 Å². The van der Waals surface area contributed by atoms with E-state index >= 15 is 0 Å². The van der Waals surface area contributed by atoms with Crippen LogP contribution in [-0.4, -0.2) is 30.4 Å². The van der Waals surface area contributed by atoms with Gasteiger partial charge < -0.3 is 15.4 Å². The van der Waals surface area contributed by atoms with Crippen molar-refractivity contribution < 1.29 is 18.1 Å². The third-order valence-electron chi connectivity index (χ3n) is 4.97. The van der Waals surface area contributed by atoms with Gasteiger partial charge in [0, 0.05) is 41.0 Å². The van der Waals surface area contributed by atoms with Crippen molar-refractivity contribution in [3.05, 3.63) is 94.7 Å². The molecule has 11 nitrogen and oxygen atoms in total. The number of nitrogens with zero attached hydrogens (tertiary/aromatic N) is 3. The van der Waals surface area contributed by atoms with Crippen LogP contribution in [-0.2, 0) is 10.0 Å². The molecule has 0 aliphatic heterocycles. The van der Waals surface area contributed by atoms with Crippen molar-refractivity contribution in [3.63, 3.8) is 0 Å². The Morgan fingerprint density at radius 1 is 0.833 bits per heavy atom. The fourth-order valence-corrected chi connectivity index (χ4v) is 4.28. The van der Waals surface area contributed by atoms with Gasteiger partial charge in [-0.05, 0) is 67.6 Å². The zero-order chi connectivity index (χ0) is 25.7. The van der Waals surface area contributed by atoms with Crippen LogP contribution in [0.2, 0.25) is 0 Å². The molecule has 0 fully saturated rings. The predicted molar refractivity (Wildman–Crippen MR) is 137 cm³/mol. The maximum Gasteiger partial charge on any atom is 0.269 e. The molecule has 0 spiro atoms. The van der Waals surface area contributed by atoms with Crippen molar-refractivity contribution in [2.24, 2.45) is 0 Å². The number of hydrogen-bond donors (Lipinski definition) is 3. The summed E-state index contributed by atoms with van der Waals surface area (Å²) in [6.45, 7) is 1.85. The van der Waals surface area contributed by atoms with E-state index in [1.54, 1.807) is 31.4 Å². The number of hydrogen-bond acceptors (Lipinski definition) is 9. The minimum Gasteiger partial charge on any atom is -0.497 e. The molecule has 4 rings (SSSR count). The molecule has 0 unspecified atom stereocenters. The number of aryl methyl sites for hydroxylation is 1. The molecule has 3 aromatic carbocycles. The van der Waals surface area contributed by atoms with Gasteiger partial charge in [-0.2, -0.15) is 4.98 Å². The molecule has 0 atom stereocenters. The lowest BCUT2D eigenvalue weighted by molar-refractivity contribution is -0.384. The van der Waals surface area contributed by atoms with Crippen LogP contribution in [0.25, 0.3) is 0 Å². The van der Waals surface area contributed by atoms with Crippen LogP contribution in [0.4, 0.5) is 34.5 Å². The van der Waals surface area contributed by atoms with Crippen molar-refractivity contribution in [3.8, 4) is 5.75 Å². The largest absolute Gasteiger partial charge is 0.497 e. The average Bonchev–Trinajstić information content (AvgIpc) is 2.85. The van der Waals surface area contributed by atoms with Gasteiger partial charge in [0.25, 0.3) is 15.7 Å². The highest BCUT2D eigenvalue weighted by atomic mass is 32.2. The van der Waals surface area contributed by atoms with E-state index in [1.807, 2.05) is 37.3 Å². The Kier molecular flexibility index (Phi) is 6.97. The maximum absolute atomic E-state index is 12.6. The molecular formula is C24H22N6O5S. The van der Waals surface area contributed by atoms with E-state index in [0.29, 0.717) is 23.1 Å². The van der Waals surface area contributed by atoms with Gasteiger partial charge in [-0.3, -0.25) is 14.8 Å². The highest BCUT2D eigenvalue weighted by Gasteiger charge is 2.16. The molecule has 36 heavy (non-hydrogen) atoms. The topological polar surface area (TPSA) is 148 Å². The van der Waals surface area contributed by atoms with Gasteiger partial charge in [0.1, 0.15) is 11.6 Å². The third kappa shape index (κ3) is 6.04. The second-order valence-electron chi connectivity index (χ2n) is 7.63. The molecule has 184 valence electrons. The Hall–Kier alpha value is -4.71. The lowest BCUT2D eigenvalue weighted by Gasteiger charge is -2.11. The minimum absolute atomic E-state index is 0.0830. The predicted octanol–water partition coefficient (Wildman–Crippen LogP) is 4.99. The Labute approximate surface area is 207 Å². The highest BCUT2D eigenvalue weighted by molar-refractivity contribution is 7.92. The van der Waals surface area contributed by atoms with Crippen molar-refractivity contribution in [1.29, 1.82) is 0 Å². The maximum atomic E-state index is 12.6. The summed E-state index contributed by atoms with van der Waals surface area (Å²) >= 11 is 0. The number of nitro groups is 1. The third-order valence-corrected chi connectivity index (χ3v) is 6.36. The van der Waals surface area contributed by atoms with Crippen LogP contribution in [0.1, 0.15) is 5.69 Å². The zero-order valence-corrected chi connectivity index (χ0v) is 20.1. The average molecular weight is 507 g/mol. The first-order chi connectivity index (χ1) is 17.2. The van der Waals surface area contributed by atoms with Crippen molar-refractivity contribution >= 4 is 44.5 Å². The molecule has 1 heterocycles. The number of rotatable bonds is 9. The van der Waals surface area contributed by atoms with Crippen LogP contribution in [0.5, 0.6) is 5.75 Å². The quantitative estimate of drug-likeness (QED) is 0.211. The van der Waals surface area contributed by atoms with Gasteiger partial charge in [0.15, 0.2) is 0 Å². The number of non-ortho nitro benzene ring substituents is 1. The molecule has 0 bridgehead atoms. The summed E-state index contributed by atoms with van der Waals surface area (Å²) in [5.41, 5.74) is 2.37. The molecule has 0 aliphatic carbocycles. The lowest BCUT2D eigenvalue weighted by Crippen LogP contribution is -2.12. The van der Waals surface area contributed by atoms with Gasteiger partial charge in [-0.25, -0.2) is 13.4 Å². The van der Waals surface area contributed by atoms with E-state index in [0.717, 1.165) is 29.3 Å². The van der Waals surface area contributed by atoms with E-state index in [2.05, 4.69) is 25.3 Å². The van der Waals surface area contributed by atoms with Gasteiger partial charge in [-0.15, -0.1) is 0 Å². The van der Waals surface area contributed by atoms with Crippen LogP contribution >= 0.6 is 0 Å². The molecule has 0 radical (unpaired) electrons. The van der Waals surface area contributed by atoms with Crippen LogP contribution in [0, 0.1) is 17.0 Å². The number of ether oxygens (including phenoxy) is 1. The molecule has 3 N–H and O–H groups in total. The van der Waals surface area contributed by atoms with Gasteiger partial charge in [0.2, 0.25) is 5.95 Å². The number of nitro benzene ring substituents is 1. The van der Waals surface area contributed by atoms with E-state index in [9.17, 15) is 18.5 Å². The molecule has 4 aromatic rings. The first kappa shape index (κ1) is 24.4. The second-order valence-corrected chi connectivity index (χ2v) is 9.31. The summed E-state index contributed by atoms with van der Waals surface area (Å²) in [4.78, 5) is 19.0. The van der Waals surface area contributed by atoms with Gasteiger partial charge >= 0.3 is 0 Å². The van der Waals surface area contributed by atoms with E-state index in [-0.39, 0.29) is 10.6 Å². The Morgan fingerprint density at radius 2 is 1.42 bits per heavy atom. The Morgan fingerprint density at radius 3 is 2.03 bits per heavy atom. The van der Waals surface area contributed by atoms with Gasteiger partial charge in [0.05, 0.1) is 16.9 Å². The van der Waals surface area contributed by atoms with Crippen LogP contribution in [0.15, 0.2) is 83.8 Å². The number of nitrogens with one attached hydrogen (secondary N) is 3. The fourth-order valence-electron chi connectivity index (χ4n) is 3.22. The SMILES string of the molecule is COc1ccc(Nc2cc(C)nc(Nc3ccc(NS(=O)(=O)c4ccc([N+](=O)[O-])cc4)cc3)n2)cc1. The molecule has 0 aliphatic rings. The van der Waals surface area contributed by atoms with E-state index in [1.165, 1.54) is 12.1 Å². The molecule has 0 saturated heterocycles. The number of sulfonamides is 1. The first-order valence-electron chi connectivity index (χ1n) is 10.6. The summed E-state index contributed by atoms with van der Waals surface area (Å²) < 4.78 is 32.8. The van der Waals surface area contributed by atoms with E-state index < -0.39 is 14.9 Å². The van der Waals surface area contributed by atoms with Crippen molar-refractivity contribution in [2.45, 2.75) is 11.8 Å². The highest BCUT2D eigenvalue weighted by Crippen LogP contribution is 2.23. The molecule has 12 heteroatoms. The molecular weight excluding hydrogens is 484 g/mol. The second kappa shape index (κ2) is 10.3. The number of benzene rings is 3. The number of methoxy groups -OCH3 is 1. The van der Waals surface area contributed by atoms with E-state index in [4.69, 9.17) is 4.74 Å². The minimum atomic E-state index is -3.91. The van der Waals surface area contributed by atoms with Crippen molar-refractivity contribution in [1.82, 2.24) is 9.97 Å². The summed E-state index contributed by atoms with van der Waals surface area (Å²) in [5.74, 6) is 1.72. The number of anilines is 5. The normalized spacial score (nSPS) is 10.9. The van der Waals surface area contributed by atoms with Gasteiger partial charge in [-0.1, -0.05) is 0 Å². The zero-order valence-electron chi connectivity index (χ0n) is 19.3. The smallest absolute Gasteiger partial charge is 0.269 e. The Bertz CT molecular complexity index is 1480. The van der Waals surface area contributed by atoms with Crippen LogP contribution in [0.3, 0.4) is 0 Å². The Balaban J connectivity index is 1.44. The molecule has 1 aromatic heterocycles. The summed E-state index contributed by atoms with van der Waals surface area (Å²) in [7, 11) is -2.30. The molecule has 0 amide bonds. The summed E-state index contributed by atoms with van der Waals surface area (Å²) in [5, 5.41) is 17.1. The van der Waals surface area contributed by atoms with Crippen molar-refractivity contribution in [2.75, 3.05) is 22.5 Å². The standard InChI is InChI=1S/C24H22N6O5S/c1-16-15-23(26-17-7-11-21(35-2)12-8-17)28-24(25-16)27-18-3-5-19(6-4-18)29-36(33,34)22-13-9-20(10-14-22)30(31)32/h3-15,29H,1-2H3,(H2,25,26,27,28). The number of aromatic nitrogens is 2. The molecule has 0 saturated carbocycles. The monoisotopic (exact) mass is 506 g/mol. The lowest BCUT2D eigenvalue weighted by atomic mass is 10.3. The fraction of sp³-hybridized carbons (Fsp3) is 0.0833.